The van der Waals surface area contributed by atoms with E-state index in [1.54, 1.807) is 6.92 Å². The fourth-order valence-electron chi connectivity index (χ4n) is 1.26. The van der Waals surface area contributed by atoms with Crippen molar-refractivity contribution in [1.82, 2.24) is 9.97 Å². The van der Waals surface area contributed by atoms with Gasteiger partial charge in [-0.2, -0.15) is 0 Å². The maximum atomic E-state index is 11.1. The molecule has 0 aliphatic rings. The Labute approximate surface area is 106 Å². The van der Waals surface area contributed by atoms with E-state index < -0.39 is 0 Å². The van der Waals surface area contributed by atoms with E-state index in [9.17, 15) is 4.79 Å². The molecule has 1 aromatic heterocycles. The van der Waals surface area contributed by atoms with Gasteiger partial charge in [0.1, 0.15) is 0 Å². The molecule has 0 aliphatic heterocycles. The molecule has 0 N–H and O–H groups in total. The summed E-state index contributed by atoms with van der Waals surface area (Å²) in [5, 5.41) is 0.731. The Kier molecular flexibility index (Phi) is 5.41. The number of aromatic nitrogens is 2. The van der Waals surface area contributed by atoms with Crippen molar-refractivity contribution < 1.29 is 9.53 Å². The third-order valence-electron chi connectivity index (χ3n) is 2.45. The highest BCUT2D eigenvalue weighted by atomic mass is 32.2. The van der Waals surface area contributed by atoms with Gasteiger partial charge in [-0.15, -0.1) is 0 Å². The predicted octanol–water partition coefficient (Wildman–Crippen LogP) is 2.45. The van der Waals surface area contributed by atoms with Gasteiger partial charge in [0, 0.05) is 17.1 Å². The van der Waals surface area contributed by atoms with Gasteiger partial charge in [0.2, 0.25) is 0 Å². The summed E-state index contributed by atoms with van der Waals surface area (Å²) in [6.07, 6.45) is 0.397. The zero-order valence-corrected chi connectivity index (χ0v) is 11.6. The van der Waals surface area contributed by atoms with Crippen molar-refractivity contribution in [2.45, 2.75) is 39.3 Å². The van der Waals surface area contributed by atoms with Crippen molar-refractivity contribution in [2.24, 2.45) is 0 Å². The number of nitrogens with zero attached hydrogens (tertiary/aromatic N) is 2. The lowest BCUT2D eigenvalue weighted by Gasteiger charge is -2.06. The molecular weight excluding hydrogens is 236 g/mol. The normalized spacial score (nSPS) is 10.4. The number of thioether (sulfide) groups is 1. The first-order valence-electron chi connectivity index (χ1n) is 5.64. The summed E-state index contributed by atoms with van der Waals surface area (Å²) < 4.78 is 4.85. The molecule has 0 aromatic carbocycles. The quantitative estimate of drug-likeness (QED) is 0.459. The minimum atomic E-state index is -0.166. The number of hydrogen-bond donors (Lipinski definition) is 0. The van der Waals surface area contributed by atoms with E-state index in [1.807, 2.05) is 20.8 Å². The van der Waals surface area contributed by atoms with Crippen LogP contribution in [0.2, 0.25) is 0 Å². The highest BCUT2D eigenvalue weighted by molar-refractivity contribution is 7.99. The molecule has 0 unspecified atom stereocenters. The second kappa shape index (κ2) is 6.59. The van der Waals surface area contributed by atoms with Crippen LogP contribution in [0.4, 0.5) is 0 Å². The van der Waals surface area contributed by atoms with Crippen molar-refractivity contribution in [3.05, 3.63) is 17.0 Å². The number of rotatable bonds is 5. The molecule has 5 heteroatoms. The average molecular weight is 254 g/mol. The van der Waals surface area contributed by atoms with Gasteiger partial charge in [0.15, 0.2) is 5.16 Å². The molecule has 0 saturated carbocycles. The average Bonchev–Trinajstić information content (AvgIpc) is 2.26. The third-order valence-corrected chi connectivity index (χ3v) is 3.30. The van der Waals surface area contributed by atoms with Crippen molar-refractivity contribution in [2.75, 3.05) is 12.4 Å². The Morgan fingerprint density at radius 3 is 2.35 bits per heavy atom. The molecule has 0 bridgehead atoms. The highest BCUT2D eigenvalue weighted by Gasteiger charge is 2.07. The van der Waals surface area contributed by atoms with Gasteiger partial charge < -0.3 is 4.74 Å². The van der Waals surface area contributed by atoms with E-state index in [0.717, 1.165) is 22.1 Å². The molecule has 0 saturated heterocycles. The number of ether oxygens (including phenoxy) is 1. The van der Waals surface area contributed by atoms with E-state index in [2.05, 4.69) is 9.97 Å². The molecule has 0 atom stereocenters. The zero-order chi connectivity index (χ0) is 12.8. The van der Waals surface area contributed by atoms with Crippen LogP contribution in [-0.4, -0.2) is 28.3 Å². The van der Waals surface area contributed by atoms with E-state index in [0.29, 0.717) is 18.8 Å². The van der Waals surface area contributed by atoms with Crippen molar-refractivity contribution in [3.8, 4) is 0 Å². The largest absolute Gasteiger partial charge is 0.466 e. The van der Waals surface area contributed by atoms with Crippen molar-refractivity contribution >= 4 is 17.7 Å². The Hall–Kier alpha value is -1.10. The molecule has 0 fully saturated rings. The second-order valence-corrected chi connectivity index (χ2v) is 4.77. The van der Waals surface area contributed by atoms with Crippen molar-refractivity contribution in [3.63, 3.8) is 0 Å². The van der Waals surface area contributed by atoms with Crippen LogP contribution in [0.15, 0.2) is 5.16 Å². The van der Waals surface area contributed by atoms with Crippen LogP contribution in [0.1, 0.15) is 30.3 Å². The predicted molar refractivity (Wildman–Crippen MR) is 68.2 cm³/mol. The van der Waals surface area contributed by atoms with Gasteiger partial charge in [-0.05, 0) is 33.3 Å². The lowest BCUT2D eigenvalue weighted by atomic mass is 10.2. The minimum absolute atomic E-state index is 0.166. The molecule has 1 heterocycles. The van der Waals surface area contributed by atoms with Gasteiger partial charge in [-0.1, -0.05) is 11.8 Å². The fourth-order valence-corrected chi connectivity index (χ4v) is 2.12. The number of carbonyl (C=O) groups is 1. The first-order valence-corrected chi connectivity index (χ1v) is 6.63. The summed E-state index contributed by atoms with van der Waals surface area (Å²) >= 11 is 1.49. The third kappa shape index (κ3) is 4.34. The van der Waals surface area contributed by atoms with E-state index in [1.165, 1.54) is 11.8 Å². The lowest BCUT2D eigenvalue weighted by molar-refractivity contribution is -0.142. The van der Waals surface area contributed by atoms with E-state index >= 15 is 0 Å². The van der Waals surface area contributed by atoms with Gasteiger partial charge in [0.25, 0.3) is 0 Å². The molecule has 94 valence electrons. The molecule has 1 rings (SSSR count). The standard InChI is InChI=1S/C12H18N2O2S/c1-5-16-11(15)6-7-17-12-13-9(3)8(2)10(4)14-12/h5-7H2,1-4H3. The Morgan fingerprint density at radius 2 is 1.82 bits per heavy atom. The summed E-state index contributed by atoms with van der Waals surface area (Å²) in [5.74, 6) is 0.487. The van der Waals surface area contributed by atoms with Gasteiger partial charge in [0.05, 0.1) is 13.0 Å². The SMILES string of the molecule is CCOC(=O)CCSc1nc(C)c(C)c(C)n1. The number of aryl methyl sites for hydroxylation is 2. The van der Waals surface area contributed by atoms with Crippen LogP contribution in [0.5, 0.6) is 0 Å². The minimum Gasteiger partial charge on any atom is -0.466 e. The molecule has 17 heavy (non-hydrogen) atoms. The van der Waals surface area contributed by atoms with Gasteiger partial charge in [-0.25, -0.2) is 9.97 Å². The number of hydrogen-bond acceptors (Lipinski definition) is 5. The second-order valence-electron chi connectivity index (χ2n) is 3.71. The summed E-state index contributed by atoms with van der Waals surface area (Å²) in [4.78, 5) is 19.9. The molecule has 1 aromatic rings. The molecule has 0 radical (unpaired) electrons. The Bertz CT molecular complexity index is 384. The van der Waals surface area contributed by atoms with Gasteiger partial charge >= 0.3 is 5.97 Å². The van der Waals surface area contributed by atoms with E-state index in [-0.39, 0.29) is 5.97 Å². The van der Waals surface area contributed by atoms with Gasteiger partial charge in [-0.3, -0.25) is 4.79 Å². The molecule has 4 nitrogen and oxygen atoms in total. The van der Waals surface area contributed by atoms with E-state index in [4.69, 9.17) is 4.74 Å². The Balaban J connectivity index is 2.50. The van der Waals surface area contributed by atoms with Crippen molar-refractivity contribution in [1.29, 1.82) is 0 Å². The smallest absolute Gasteiger partial charge is 0.306 e. The van der Waals surface area contributed by atoms with Crippen LogP contribution in [-0.2, 0) is 9.53 Å². The van der Waals surface area contributed by atoms with Crippen LogP contribution in [0.3, 0.4) is 0 Å². The summed E-state index contributed by atoms with van der Waals surface area (Å²) in [5.41, 5.74) is 3.12. The molecule has 0 amide bonds. The zero-order valence-electron chi connectivity index (χ0n) is 10.7. The molecule has 0 aliphatic carbocycles. The fraction of sp³-hybridized carbons (Fsp3) is 0.583. The maximum Gasteiger partial charge on any atom is 0.306 e. The molecular formula is C12H18N2O2S. The van der Waals surface area contributed by atoms with Crippen LogP contribution in [0.25, 0.3) is 0 Å². The lowest BCUT2D eigenvalue weighted by Crippen LogP contribution is -2.05. The monoisotopic (exact) mass is 254 g/mol. The summed E-state index contributed by atoms with van der Waals surface area (Å²) in [6.45, 7) is 8.19. The number of carbonyl (C=O) groups excluding carboxylic acids is 1. The molecule has 0 spiro atoms. The van der Waals surface area contributed by atoms with Crippen LogP contribution >= 0.6 is 11.8 Å². The van der Waals surface area contributed by atoms with Crippen LogP contribution in [0, 0.1) is 20.8 Å². The first-order chi connectivity index (χ1) is 8.04. The topological polar surface area (TPSA) is 52.1 Å². The summed E-state index contributed by atoms with van der Waals surface area (Å²) in [6, 6.07) is 0. The van der Waals surface area contributed by atoms with Crippen LogP contribution < -0.4 is 0 Å². The first kappa shape index (κ1) is 14.0. The number of esters is 1. The maximum absolute atomic E-state index is 11.1. The summed E-state index contributed by atoms with van der Waals surface area (Å²) in [7, 11) is 0. The Morgan fingerprint density at radius 1 is 1.24 bits per heavy atom. The highest BCUT2D eigenvalue weighted by Crippen LogP contribution is 2.17.